The Kier molecular flexibility index (Phi) is 2.03. The summed E-state index contributed by atoms with van der Waals surface area (Å²) < 4.78 is 5.22. The van der Waals surface area contributed by atoms with Crippen LogP contribution in [-0.4, -0.2) is 25.3 Å². The average Bonchev–Trinajstić information content (AvgIpc) is 2.82. The molecule has 66 valence electrons. The van der Waals surface area contributed by atoms with Crippen LogP contribution in [0.1, 0.15) is 19.3 Å². The first kappa shape index (κ1) is 8.03. The van der Waals surface area contributed by atoms with Gasteiger partial charge in [0.25, 0.3) is 0 Å². The van der Waals surface area contributed by atoms with Crippen molar-refractivity contribution in [2.75, 3.05) is 19.8 Å². The van der Waals surface area contributed by atoms with Crippen LogP contribution in [0.25, 0.3) is 0 Å². The second kappa shape index (κ2) is 3.04. The van der Waals surface area contributed by atoms with Gasteiger partial charge in [-0.1, -0.05) is 0 Å². The number of nitrogens with one attached hydrogen (secondary N) is 1. The Labute approximate surface area is 72.7 Å². The van der Waals surface area contributed by atoms with Crippen LogP contribution in [0, 0.1) is 17.2 Å². The standard InChI is InChI=1S/C9H14N2O/c10-6-9(3-4-12-7-9)11-5-8-1-2-8/h8,11H,1-5,7H2. The molecular weight excluding hydrogens is 152 g/mol. The van der Waals surface area contributed by atoms with Crippen LogP contribution < -0.4 is 5.32 Å². The van der Waals surface area contributed by atoms with Crippen molar-refractivity contribution >= 4 is 0 Å². The fraction of sp³-hybridized carbons (Fsp3) is 0.889. The minimum absolute atomic E-state index is 0.359. The molecule has 1 aliphatic heterocycles. The van der Waals surface area contributed by atoms with Gasteiger partial charge in [-0.15, -0.1) is 0 Å². The van der Waals surface area contributed by atoms with Gasteiger partial charge in [-0.25, -0.2) is 0 Å². The highest BCUT2D eigenvalue weighted by molar-refractivity contribution is 5.10. The van der Waals surface area contributed by atoms with Crippen molar-refractivity contribution < 1.29 is 4.74 Å². The quantitative estimate of drug-likeness (QED) is 0.670. The van der Waals surface area contributed by atoms with Crippen LogP contribution >= 0.6 is 0 Å². The number of rotatable bonds is 3. The van der Waals surface area contributed by atoms with Crippen molar-refractivity contribution in [3.05, 3.63) is 0 Å². The van der Waals surface area contributed by atoms with E-state index in [1.165, 1.54) is 12.8 Å². The van der Waals surface area contributed by atoms with Gasteiger partial charge in [-0.3, -0.25) is 5.32 Å². The van der Waals surface area contributed by atoms with Crippen molar-refractivity contribution in [2.45, 2.75) is 24.8 Å². The van der Waals surface area contributed by atoms with Crippen LogP contribution in [0.2, 0.25) is 0 Å². The molecule has 0 aromatic heterocycles. The van der Waals surface area contributed by atoms with Crippen molar-refractivity contribution in [2.24, 2.45) is 5.92 Å². The van der Waals surface area contributed by atoms with E-state index in [4.69, 9.17) is 10.00 Å². The van der Waals surface area contributed by atoms with E-state index in [9.17, 15) is 0 Å². The molecule has 2 aliphatic rings. The van der Waals surface area contributed by atoms with E-state index < -0.39 is 0 Å². The Bertz CT molecular complexity index is 199. The van der Waals surface area contributed by atoms with E-state index in [-0.39, 0.29) is 5.54 Å². The molecule has 2 fully saturated rings. The third-order valence-electron chi connectivity index (χ3n) is 2.66. The molecule has 1 unspecified atom stereocenters. The molecule has 0 radical (unpaired) electrons. The van der Waals surface area contributed by atoms with E-state index in [2.05, 4.69) is 11.4 Å². The normalized spacial score (nSPS) is 34.9. The molecule has 1 aliphatic carbocycles. The molecule has 3 heteroatoms. The molecule has 2 rings (SSSR count). The SMILES string of the molecule is N#CC1(NCC2CC2)CCOC1. The highest BCUT2D eigenvalue weighted by atomic mass is 16.5. The second-order valence-electron chi connectivity index (χ2n) is 3.82. The molecule has 0 aromatic carbocycles. The highest BCUT2D eigenvalue weighted by Gasteiger charge is 2.36. The van der Waals surface area contributed by atoms with E-state index in [0.29, 0.717) is 6.61 Å². The van der Waals surface area contributed by atoms with Gasteiger partial charge in [0.2, 0.25) is 0 Å². The Morgan fingerprint density at radius 2 is 2.42 bits per heavy atom. The molecule has 3 nitrogen and oxygen atoms in total. The molecule has 12 heavy (non-hydrogen) atoms. The maximum atomic E-state index is 8.96. The molecule has 0 aromatic rings. The Morgan fingerprint density at radius 1 is 1.58 bits per heavy atom. The zero-order valence-electron chi connectivity index (χ0n) is 7.18. The predicted octanol–water partition coefficient (Wildman–Crippen LogP) is 0.669. The Hall–Kier alpha value is -0.590. The molecule has 0 amide bonds. The van der Waals surface area contributed by atoms with Crippen LogP contribution in [-0.2, 0) is 4.74 Å². The first-order valence-corrected chi connectivity index (χ1v) is 4.59. The largest absolute Gasteiger partial charge is 0.378 e. The number of hydrogen-bond donors (Lipinski definition) is 1. The molecule has 1 saturated heterocycles. The van der Waals surface area contributed by atoms with Crippen LogP contribution in [0.5, 0.6) is 0 Å². The smallest absolute Gasteiger partial charge is 0.132 e. The maximum absolute atomic E-state index is 8.96. The van der Waals surface area contributed by atoms with Gasteiger partial charge in [0, 0.05) is 13.0 Å². The first-order chi connectivity index (χ1) is 5.85. The number of nitrogens with zero attached hydrogens (tertiary/aromatic N) is 1. The molecule has 1 atom stereocenters. The summed E-state index contributed by atoms with van der Waals surface area (Å²) in [6, 6.07) is 2.32. The summed E-state index contributed by atoms with van der Waals surface area (Å²) in [5.41, 5.74) is -0.359. The van der Waals surface area contributed by atoms with Crippen molar-refractivity contribution in [3.63, 3.8) is 0 Å². The van der Waals surface area contributed by atoms with Crippen LogP contribution in [0.4, 0.5) is 0 Å². The van der Waals surface area contributed by atoms with Crippen LogP contribution in [0.3, 0.4) is 0 Å². The number of ether oxygens (including phenoxy) is 1. The van der Waals surface area contributed by atoms with Crippen molar-refractivity contribution in [1.82, 2.24) is 5.32 Å². The van der Waals surface area contributed by atoms with Crippen LogP contribution in [0.15, 0.2) is 0 Å². The highest BCUT2D eigenvalue weighted by Crippen LogP contribution is 2.29. The summed E-state index contributed by atoms with van der Waals surface area (Å²) in [7, 11) is 0. The van der Waals surface area contributed by atoms with E-state index >= 15 is 0 Å². The topological polar surface area (TPSA) is 45.0 Å². The fourth-order valence-electron chi connectivity index (χ4n) is 1.49. The van der Waals surface area contributed by atoms with Crippen molar-refractivity contribution in [3.8, 4) is 6.07 Å². The monoisotopic (exact) mass is 166 g/mol. The number of nitriles is 1. The third-order valence-corrected chi connectivity index (χ3v) is 2.66. The zero-order chi connectivity index (χ0) is 8.44. The van der Waals surface area contributed by atoms with Gasteiger partial charge < -0.3 is 4.74 Å². The van der Waals surface area contributed by atoms with Gasteiger partial charge in [0.15, 0.2) is 0 Å². The summed E-state index contributed by atoms with van der Waals surface area (Å²) in [4.78, 5) is 0. The lowest BCUT2D eigenvalue weighted by atomic mass is 10.0. The molecular formula is C9H14N2O. The van der Waals surface area contributed by atoms with E-state index in [0.717, 1.165) is 25.5 Å². The first-order valence-electron chi connectivity index (χ1n) is 4.59. The minimum Gasteiger partial charge on any atom is -0.378 e. The van der Waals surface area contributed by atoms with Crippen molar-refractivity contribution in [1.29, 1.82) is 5.26 Å². The lowest BCUT2D eigenvalue weighted by Gasteiger charge is -2.19. The molecule has 0 bridgehead atoms. The third kappa shape index (κ3) is 1.60. The molecule has 0 spiro atoms. The van der Waals surface area contributed by atoms with Gasteiger partial charge in [-0.2, -0.15) is 5.26 Å². The second-order valence-corrected chi connectivity index (χ2v) is 3.82. The fourth-order valence-corrected chi connectivity index (χ4v) is 1.49. The predicted molar refractivity (Wildman–Crippen MR) is 44.5 cm³/mol. The molecule has 1 saturated carbocycles. The van der Waals surface area contributed by atoms with Gasteiger partial charge in [0.05, 0.1) is 12.7 Å². The van der Waals surface area contributed by atoms with Gasteiger partial charge in [-0.05, 0) is 25.3 Å². The molecule has 1 N–H and O–H groups in total. The lowest BCUT2D eigenvalue weighted by Crippen LogP contribution is -2.45. The summed E-state index contributed by atoms with van der Waals surface area (Å²) in [5.74, 6) is 0.829. The minimum atomic E-state index is -0.359. The molecule has 1 heterocycles. The lowest BCUT2D eigenvalue weighted by molar-refractivity contribution is 0.179. The summed E-state index contributed by atoms with van der Waals surface area (Å²) in [6.07, 6.45) is 3.50. The summed E-state index contributed by atoms with van der Waals surface area (Å²) in [6.45, 7) is 2.29. The Morgan fingerprint density at radius 3 is 2.92 bits per heavy atom. The van der Waals surface area contributed by atoms with E-state index in [1.54, 1.807) is 0 Å². The van der Waals surface area contributed by atoms with E-state index in [1.807, 2.05) is 0 Å². The maximum Gasteiger partial charge on any atom is 0.132 e. The number of hydrogen-bond acceptors (Lipinski definition) is 3. The summed E-state index contributed by atoms with van der Waals surface area (Å²) in [5, 5.41) is 12.3. The Balaban J connectivity index is 1.84. The van der Waals surface area contributed by atoms with Gasteiger partial charge >= 0.3 is 0 Å². The zero-order valence-corrected chi connectivity index (χ0v) is 7.18. The summed E-state index contributed by atoms with van der Waals surface area (Å²) >= 11 is 0. The van der Waals surface area contributed by atoms with Gasteiger partial charge in [0.1, 0.15) is 5.54 Å². The average molecular weight is 166 g/mol.